The Bertz CT molecular complexity index is 283. The Balaban J connectivity index is 2.53. The van der Waals surface area contributed by atoms with Gasteiger partial charge in [-0.25, -0.2) is 4.79 Å². The lowest BCUT2D eigenvalue weighted by Crippen LogP contribution is -2.53. The summed E-state index contributed by atoms with van der Waals surface area (Å²) in [5.74, 6) is -0.891. The summed E-state index contributed by atoms with van der Waals surface area (Å²) in [6.07, 6.45) is 3.15. The van der Waals surface area contributed by atoms with Gasteiger partial charge in [-0.2, -0.15) is 0 Å². The Hall–Kier alpha value is -1.26. The van der Waals surface area contributed by atoms with Gasteiger partial charge >= 0.3 is 12.0 Å². The number of aliphatic carboxylic acids is 1. The molecule has 1 heterocycles. The van der Waals surface area contributed by atoms with Gasteiger partial charge in [-0.3, -0.25) is 4.79 Å². The number of nitrogens with one attached hydrogen (secondary N) is 1. The van der Waals surface area contributed by atoms with Crippen molar-refractivity contribution in [3.63, 3.8) is 0 Å². The van der Waals surface area contributed by atoms with Crippen LogP contribution < -0.4 is 5.32 Å². The van der Waals surface area contributed by atoms with Crippen molar-refractivity contribution in [2.45, 2.75) is 64.6 Å². The fraction of sp³-hybridized carbons (Fsp3) is 0.833. The van der Waals surface area contributed by atoms with Crippen molar-refractivity contribution < 1.29 is 14.7 Å². The first-order valence-electron chi connectivity index (χ1n) is 6.22. The zero-order chi connectivity index (χ0) is 13.0. The highest BCUT2D eigenvalue weighted by Gasteiger charge is 2.29. The molecule has 0 bridgehead atoms. The summed E-state index contributed by atoms with van der Waals surface area (Å²) in [6.45, 7) is 5.79. The van der Waals surface area contributed by atoms with Crippen LogP contribution in [0.2, 0.25) is 0 Å². The molecule has 1 fully saturated rings. The highest BCUT2D eigenvalue weighted by molar-refractivity contribution is 5.76. The summed E-state index contributed by atoms with van der Waals surface area (Å²) < 4.78 is 0. The van der Waals surface area contributed by atoms with E-state index in [1.807, 2.05) is 18.7 Å². The van der Waals surface area contributed by atoms with Gasteiger partial charge in [-0.05, 0) is 40.0 Å². The largest absolute Gasteiger partial charge is 0.481 e. The molecule has 98 valence electrons. The highest BCUT2D eigenvalue weighted by atomic mass is 16.4. The summed E-state index contributed by atoms with van der Waals surface area (Å²) in [4.78, 5) is 24.4. The second kappa shape index (κ2) is 5.89. The van der Waals surface area contributed by atoms with Crippen molar-refractivity contribution >= 4 is 12.0 Å². The summed E-state index contributed by atoms with van der Waals surface area (Å²) in [7, 11) is 0. The van der Waals surface area contributed by atoms with E-state index in [4.69, 9.17) is 5.11 Å². The first-order chi connectivity index (χ1) is 7.91. The van der Waals surface area contributed by atoms with Gasteiger partial charge in [0, 0.05) is 18.1 Å². The lowest BCUT2D eigenvalue weighted by Gasteiger charge is -2.39. The van der Waals surface area contributed by atoms with Crippen LogP contribution in [0.5, 0.6) is 0 Å². The van der Waals surface area contributed by atoms with E-state index in [0.29, 0.717) is 0 Å². The molecular formula is C12H22N2O3. The lowest BCUT2D eigenvalue weighted by atomic mass is 9.98. The van der Waals surface area contributed by atoms with Crippen LogP contribution >= 0.6 is 0 Å². The van der Waals surface area contributed by atoms with Crippen LogP contribution in [-0.2, 0) is 4.79 Å². The fourth-order valence-electron chi connectivity index (χ4n) is 2.42. The topological polar surface area (TPSA) is 69.6 Å². The summed E-state index contributed by atoms with van der Waals surface area (Å²) >= 11 is 0. The van der Waals surface area contributed by atoms with E-state index in [-0.39, 0.29) is 30.6 Å². The van der Waals surface area contributed by atoms with Crippen molar-refractivity contribution in [1.29, 1.82) is 0 Å². The number of hydrogen-bond acceptors (Lipinski definition) is 2. The Morgan fingerprint density at radius 2 is 1.88 bits per heavy atom. The van der Waals surface area contributed by atoms with E-state index in [0.717, 1.165) is 19.3 Å². The molecule has 0 spiro atoms. The van der Waals surface area contributed by atoms with Crippen molar-refractivity contribution in [2.24, 2.45) is 0 Å². The molecule has 2 N–H and O–H groups in total. The van der Waals surface area contributed by atoms with E-state index in [1.165, 1.54) is 0 Å². The number of carbonyl (C=O) groups is 2. The van der Waals surface area contributed by atoms with E-state index in [2.05, 4.69) is 5.32 Å². The van der Waals surface area contributed by atoms with Crippen LogP contribution in [0, 0.1) is 0 Å². The minimum absolute atomic E-state index is 0.0393. The third kappa shape index (κ3) is 3.91. The minimum atomic E-state index is -0.891. The van der Waals surface area contributed by atoms with Gasteiger partial charge in [0.05, 0.1) is 6.42 Å². The molecule has 3 unspecified atom stereocenters. The molecular weight excluding hydrogens is 220 g/mol. The van der Waals surface area contributed by atoms with E-state index < -0.39 is 5.97 Å². The number of nitrogens with zero attached hydrogens (tertiary/aromatic N) is 1. The number of urea groups is 1. The third-order valence-corrected chi connectivity index (χ3v) is 3.28. The van der Waals surface area contributed by atoms with Gasteiger partial charge in [0.15, 0.2) is 0 Å². The molecule has 0 aromatic rings. The summed E-state index contributed by atoms with van der Waals surface area (Å²) in [6, 6.07) is -0.00803. The van der Waals surface area contributed by atoms with Crippen molar-refractivity contribution in [3.8, 4) is 0 Å². The molecule has 1 saturated heterocycles. The van der Waals surface area contributed by atoms with Gasteiger partial charge in [0.2, 0.25) is 0 Å². The number of piperidine rings is 1. The number of rotatable bonds is 3. The van der Waals surface area contributed by atoms with Crippen LogP contribution in [0.25, 0.3) is 0 Å². The van der Waals surface area contributed by atoms with E-state index in [1.54, 1.807) is 6.92 Å². The van der Waals surface area contributed by atoms with Crippen LogP contribution in [0.4, 0.5) is 4.79 Å². The number of carbonyl (C=O) groups excluding carboxylic acids is 1. The maximum Gasteiger partial charge on any atom is 0.318 e. The smallest absolute Gasteiger partial charge is 0.318 e. The molecule has 17 heavy (non-hydrogen) atoms. The molecule has 1 rings (SSSR count). The lowest BCUT2D eigenvalue weighted by molar-refractivity contribution is -0.137. The van der Waals surface area contributed by atoms with Gasteiger partial charge in [0.1, 0.15) is 0 Å². The normalized spacial score (nSPS) is 26.4. The van der Waals surface area contributed by atoms with Crippen molar-refractivity contribution in [1.82, 2.24) is 10.2 Å². The Labute approximate surface area is 102 Å². The molecule has 5 heteroatoms. The monoisotopic (exact) mass is 242 g/mol. The van der Waals surface area contributed by atoms with E-state index >= 15 is 0 Å². The third-order valence-electron chi connectivity index (χ3n) is 3.28. The van der Waals surface area contributed by atoms with Crippen molar-refractivity contribution in [2.75, 3.05) is 0 Å². The number of amides is 2. The zero-order valence-electron chi connectivity index (χ0n) is 10.8. The fourth-order valence-corrected chi connectivity index (χ4v) is 2.42. The predicted molar refractivity (Wildman–Crippen MR) is 64.9 cm³/mol. The van der Waals surface area contributed by atoms with E-state index in [9.17, 15) is 9.59 Å². The summed E-state index contributed by atoms with van der Waals surface area (Å²) in [5.41, 5.74) is 0. The molecule has 1 aliphatic heterocycles. The molecule has 0 saturated carbocycles. The maximum absolute atomic E-state index is 12.0. The van der Waals surface area contributed by atoms with Gasteiger partial charge < -0.3 is 15.3 Å². The SMILES string of the molecule is CC(CC(=O)O)NC(=O)N1C(C)CCCC1C. The van der Waals surface area contributed by atoms with Crippen LogP contribution in [0.15, 0.2) is 0 Å². The second-order valence-electron chi connectivity index (χ2n) is 4.98. The first-order valence-corrected chi connectivity index (χ1v) is 6.22. The van der Waals surface area contributed by atoms with Gasteiger partial charge in [0.25, 0.3) is 0 Å². The average molecular weight is 242 g/mol. The zero-order valence-corrected chi connectivity index (χ0v) is 10.8. The number of carboxylic acid groups (broad SMARTS) is 1. The molecule has 0 aliphatic carbocycles. The minimum Gasteiger partial charge on any atom is -0.481 e. The van der Waals surface area contributed by atoms with Crippen molar-refractivity contribution in [3.05, 3.63) is 0 Å². The predicted octanol–water partition coefficient (Wildman–Crippen LogP) is 1.82. The number of carboxylic acids is 1. The van der Waals surface area contributed by atoms with Gasteiger partial charge in [-0.15, -0.1) is 0 Å². The number of hydrogen-bond donors (Lipinski definition) is 2. The first kappa shape index (κ1) is 13.8. The Morgan fingerprint density at radius 3 is 2.35 bits per heavy atom. The molecule has 0 radical (unpaired) electrons. The molecule has 5 nitrogen and oxygen atoms in total. The second-order valence-corrected chi connectivity index (χ2v) is 4.98. The van der Waals surface area contributed by atoms with Gasteiger partial charge in [-0.1, -0.05) is 0 Å². The standard InChI is InChI=1S/C12H22N2O3/c1-8(7-11(15)16)13-12(17)14-9(2)5-4-6-10(14)3/h8-10H,4-7H2,1-3H3,(H,13,17)(H,15,16). The molecule has 0 aromatic heterocycles. The molecule has 1 aliphatic rings. The molecule has 3 atom stereocenters. The van der Waals surface area contributed by atoms with Crippen LogP contribution in [-0.4, -0.2) is 40.1 Å². The molecule has 0 aromatic carbocycles. The highest BCUT2D eigenvalue weighted by Crippen LogP contribution is 2.22. The maximum atomic E-state index is 12.0. The average Bonchev–Trinajstić information content (AvgIpc) is 2.15. The Kier molecular flexibility index (Phi) is 4.78. The van der Waals surface area contributed by atoms with Crippen LogP contribution in [0.1, 0.15) is 46.5 Å². The quantitative estimate of drug-likeness (QED) is 0.793. The summed E-state index contributed by atoms with van der Waals surface area (Å²) in [5, 5.41) is 11.4. The number of likely N-dealkylation sites (tertiary alicyclic amines) is 1. The van der Waals surface area contributed by atoms with Crippen LogP contribution in [0.3, 0.4) is 0 Å². The molecule has 2 amide bonds. The Morgan fingerprint density at radius 1 is 1.35 bits per heavy atom.